The maximum absolute atomic E-state index is 13.0. The maximum Gasteiger partial charge on any atom is 0.271 e. The van der Waals surface area contributed by atoms with Crippen molar-refractivity contribution in [2.45, 2.75) is 55.3 Å². The Hall–Kier alpha value is -2.98. The Labute approximate surface area is 223 Å². The first-order valence-electron chi connectivity index (χ1n) is 12.4. The minimum absolute atomic E-state index is 0.0123. The standard InChI is InChI=1S/C27H29BN2O5S2/c1-17-12-26(36-27(17)28)37(32,33)29-20-6-5-7-21(15-20)30-16-19(14-25(30)31)18-10-11-23(34-2)24(13-18)35-22-8-3-4-9-22/h5-7,10-13,15,19,22,29H,3-4,8-9,14,16H2,1-2H3. The van der Waals surface area contributed by atoms with Crippen LogP contribution in [-0.4, -0.2) is 41.9 Å². The van der Waals surface area contributed by atoms with E-state index < -0.39 is 10.0 Å². The van der Waals surface area contributed by atoms with Gasteiger partial charge in [-0.2, -0.15) is 0 Å². The van der Waals surface area contributed by atoms with Crippen molar-refractivity contribution in [1.82, 2.24) is 0 Å². The molecule has 10 heteroatoms. The number of methoxy groups -OCH3 is 1. The van der Waals surface area contributed by atoms with E-state index in [2.05, 4.69) is 4.72 Å². The first-order chi connectivity index (χ1) is 17.7. The average molecular weight is 536 g/mol. The summed E-state index contributed by atoms with van der Waals surface area (Å²) >= 11 is 1.03. The highest BCUT2D eigenvalue weighted by molar-refractivity contribution is 7.94. The Bertz CT molecular complexity index is 1400. The third kappa shape index (κ3) is 5.50. The van der Waals surface area contributed by atoms with Gasteiger partial charge in [-0.1, -0.05) is 12.1 Å². The molecule has 2 aromatic carbocycles. The fourth-order valence-corrected chi connectivity index (χ4v) is 7.32. The number of nitrogens with zero attached hydrogens (tertiary/aromatic N) is 1. The molecule has 1 saturated heterocycles. The zero-order valence-electron chi connectivity index (χ0n) is 20.9. The number of thiophene rings is 1. The number of rotatable bonds is 8. The van der Waals surface area contributed by atoms with E-state index in [1.807, 2.05) is 24.3 Å². The number of anilines is 2. The van der Waals surface area contributed by atoms with Gasteiger partial charge in [-0.05, 0) is 84.9 Å². The molecule has 1 atom stereocenters. The third-order valence-electron chi connectivity index (χ3n) is 6.99. The van der Waals surface area contributed by atoms with Crippen LogP contribution in [0.5, 0.6) is 11.5 Å². The molecule has 2 aliphatic rings. The minimum atomic E-state index is -3.78. The van der Waals surface area contributed by atoms with Crippen LogP contribution in [0.4, 0.5) is 11.4 Å². The number of hydrogen-bond donors (Lipinski definition) is 1. The molecule has 3 aromatic rings. The molecule has 1 N–H and O–H groups in total. The van der Waals surface area contributed by atoms with Crippen molar-refractivity contribution in [2.75, 3.05) is 23.3 Å². The summed E-state index contributed by atoms with van der Waals surface area (Å²) in [6.07, 6.45) is 5.00. The highest BCUT2D eigenvalue weighted by Gasteiger charge is 2.32. The summed E-state index contributed by atoms with van der Waals surface area (Å²) in [7, 11) is 3.69. The number of carbonyl (C=O) groups is 1. The van der Waals surface area contributed by atoms with Crippen LogP contribution in [-0.2, 0) is 14.8 Å². The van der Waals surface area contributed by atoms with Crippen molar-refractivity contribution in [3.63, 3.8) is 0 Å². The van der Waals surface area contributed by atoms with E-state index in [9.17, 15) is 13.2 Å². The summed E-state index contributed by atoms with van der Waals surface area (Å²) in [6.45, 7) is 2.26. The van der Waals surface area contributed by atoms with Crippen LogP contribution in [0.2, 0.25) is 0 Å². The lowest BCUT2D eigenvalue weighted by molar-refractivity contribution is -0.117. The zero-order chi connectivity index (χ0) is 26.2. The molecule has 0 bridgehead atoms. The molecule has 1 aliphatic carbocycles. The maximum atomic E-state index is 13.0. The molecular weight excluding hydrogens is 507 g/mol. The molecule has 1 aromatic heterocycles. The van der Waals surface area contributed by atoms with Crippen LogP contribution < -0.4 is 23.9 Å². The van der Waals surface area contributed by atoms with E-state index in [0.29, 0.717) is 34.9 Å². The predicted molar refractivity (Wildman–Crippen MR) is 147 cm³/mol. The Kier molecular flexibility index (Phi) is 7.22. The van der Waals surface area contributed by atoms with Crippen molar-refractivity contribution in [2.24, 2.45) is 0 Å². The van der Waals surface area contributed by atoms with Crippen LogP contribution in [0, 0.1) is 6.92 Å². The molecule has 2 heterocycles. The summed E-state index contributed by atoms with van der Waals surface area (Å²) in [4.78, 5) is 14.7. The highest BCUT2D eigenvalue weighted by Crippen LogP contribution is 2.38. The van der Waals surface area contributed by atoms with Gasteiger partial charge >= 0.3 is 0 Å². The van der Waals surface area contributed by atoms with E-state index in [4.69, 9.17) is 17.3 Å². The fourth-order valence-electron chi connectivity index (χ4n) is 4.95. The molecule has 0 spiro atoms. The monoisotopic (exact) mass is 536 g/mol. The second kappa shape index (κ2) is 10.4. The number of hydrogen-bond acceptors (Lipinski definition) is 6. The van der Waals surface area contributed by atoms with Crippen molar-refractivity contribution >= 4 is 51.3 Å². The summed E-state index contributed by atoms with van der Waals surface area (Å²) in [5.41, 5.74) is 2.77. The van der Waals surface area contributed by atoms with Gasteiger partial charge in [0, 0.05) is 24.6 Å². The fraction of sp³-hybridized carbons (Fsp3) is 0.370. The molecule has 37 heavy (non-hydrogen) atoms. The van der Waals surface area contributed by atoms with E-state index >= 15 is 0 Å². The number of nitrogens with one attached hydrogen (secondary N) is 1. The van der Waals surface area contributed by atoms with Gasteiger partial charge in [0.05, 0.1) is 18.9 Å². The Morgan fingerprint density at radius 1 is 1.08 bits per heavy atom. The second-order valence-electron chi connectivity index (χ2n) is 9.61. The quantitative estimate of drug-likeness (QED) is 0.429. The highest BCUT2D eigenvalue weighted by atomic mass is 32.2. The van der Waals surface area contributed by atoms with Crippen molar-refractivity contribution in [3.8, 4) is 11.5 Å². The Morgan fingerprint density at radius 2 is 1.86 bits per heavy atom. The molecular formula is C27H29BN2O5S2. The van der Waals surface area contributed by atoms with Crippen molar-refractivity contribution in [3.05, 3.63) is 59.7 Å². The summed E-state index contributed by atoms with van der Waals surface area (Å²) in [5, 5.41) is 0. The SMILES string of the molecule is [B]c1sc(S(=O)(=O)Nc2cccc(N3CC(c4ccc(OC)c(OC5CCCC5)c4)CC3=O)c2)cc1C. The number of sulfonamides is 1. The van der Waals surface area contributed by atoms with E-state index in [-0.39, 0.29) is 22.1 Å². The lowest BCUT2D eigenvalue weighted by atomic mass is 9.98. The lowest BCUT2D eigenvalue weighted by Crippen LogP contribution is -2.24. The molecule has 1 aliphatic heterocycles. The van der Waals surface area contributed by atoms with E-state index in [1.54, 1.807) is 43.2 Å². The minimum Gasteiger partial charge on any atom is -0.493 e. The summed E-state index contributed by atoms with van der Waals surface area (Å²) in [6, 6.07) is 14.3. The van der Waals surface area contributed by atoms with Crippen molar-refractivity contribution < 1.29 is 22.7 Å². The number of amides is 1. The van der Waals surface area contributed by atoms with Gasteiger partial charge < -0.3 is 14.4 Å². The molecule has 1 saturated carbocycles. The molecule has 7 nitrogen and oxygen atoms in total. The molecule has 1 unspecified atom stereocenters. The lowest BCUT2D eigenvalue weighted by Gasteiger charge is -2.20. The van der Waals surface area contributed by atoms with E-state index in [0.717, 1.165) is 41.1 Å². The number of ether oxygens (including phenoxy) is 2. The zero-order valence-corrected chi connectivity index (χ0v) is 22.5. The smallest absolute Gasteiger partial charge is 0.271 e. The third-order valence-corrected chi connectivity index (χ3v) is 9.91. The van der Waals surface area contributed by atoms with Gasteiger partial charge in [0.2, 0.25) is 5.91 Å². The summed E-state index contributed by atoms with van der Waals surface area (Å²) < 4.78 is 40.7. The largest absolute Gasteiger partial charge is 0.493 e. The first-order valence-corrected chi connectivity index (χ1v) is 14.7. The van der Waals surface area contributed by atoms with Crippen LogP contribution >= 0.6 is 11.3 Å². The number of carbonyl (C=O) groups excluding carboxylic acids is 1. The first kappa shape index (κ1) is 25.7. The molecule has 5 rings (SSSR count). The van der Waals surface area contributed by atoms with Gasteiger partial charge in [0.1, 0.15) is 12.1 Å². The molecule has 2 fully saturated rings. The number of benzene rings is 2. The Morgan fingerprint density at radius 3 is 2.57 bits per heavy atom. The summed E-state index contributed by atoms with van der Waals surface area (Å²) in [5.74, 6) is 1.39. The van der Waals surface area contributed by atoms with Crippen LogP contribution in [0.25, 0.3) is 0 Å². The normalized spacial score (nSPS) is 18.4. The number of aryl methyl sites for hydroxylation is 1. The van der Waals surface area contributed by atoms with Gasteiger partial charge in [0.25, 0.3) is 10.0 Å². The van der Waals surface area contributed by atoms with Crippen LogP contribution in [0.15, 0.2) is 52.7 Å². The molecule has 1 amide bonds. The predicted octanol–water partition coefficient (Wildman–Crippen LogP) is 4.50. The Balaban J connectivity index is 1.33. The van der Waals surface area contributed by atoms with Crippen LogP contribution in [0.1, 0.15) is 49.1 Å². The molecule has 192 valence electrons. The van der Waals surface area contributed by atoms with Gasteiger partial charge in [0.15, 0.2) is 11.5 Å². The van der Waals surface area contributed by atoms with Gasteiger partial charge in [-0.25, -0.2) is 8.42 Å². The van der Waals surface area contributed by atoms with Gasteiger partial charge in [-0.15, -0.1) is 11.3 Å². The van der Waals surface area contributed by atoms with Crippen molar-refractivity contribution in [1.29, 1.82) is 0 Å². The van der Waals surface area contributed by atoms with Gasteiger partial charge in [-0.3, -0.25) is 9.52 Å². The van der Waals surface area contributed by atoms with Crippen LogP contribution in [0.3, 0.4) is 0 Å². The van der Waals surface area contributed by atoms with E-state index in [1.165, 1.54) is 12.8 Å². The average Bonchev–Trinajstić information content (AvgIpc) is 3.60. The topological polar surface area (TPSA) is 84.9 Å². The molecule has 2 radical (unpaired) electrons. The second-order valence-corrected chi connectivity index (χ2v) is 12.6.